The van der Waals surface area contributed by atoms with Crippen LogP contribution in [0.1, 0.15) is 18.4 Å². The van der Waals surface area contributed by atoms with Crippen molar-refractivity contribution in [2.45, 2.75) is 19.3 Å². The van der Waals surface area contributed by atoms with Crippen molar-refractivity contribution in [3.63, 3.8) is 0 Å². The molecule has 1 saturated heterocycles. The third-order valence-electron chi connectivity index (χ3n) is 3.73. The van der Waals surface area contributed by atoms with Gasteiger partial charge in [-0.05, 0) is 66.0 Å². The van der Waals surface area contributed by atoms with E-state index < -0.39 is 0 Å². The van der Waals surface area contributed by atoms with Crippen molar-refractivity contribution in [1.82, 2.24) is 9.88 Å². The van der Waals surface area contributed by atoms with Gasteiger partial charge in [0.1, 0.15) is 5.75 Å². The van der Waals surface area contributed by atoms with Gasteiger partial charge in [0.2, 0.25) is 0 Å². The molecule has 1 aromatic carbocycles. The average molecular weight is 309 g/mol. The Hall–Kier alpha value is -1.00. The van der Waals surface area contributed by atoms with Crippen LogP contribution in [0.5, 0.6) is 5.75 Å². The number of fused-ring (bicyclic) bond motifs is 1. The van der Waals surface area contributed by atoms with E-state index in [0.717, 1.165) is 28.5 Å². The number of nitrogens with zero attached hydrogens (tertiary/aromatic N) is 1. The van der Waals surface area contributed by atoms with Crippen LogP contribution in [-0.2, 0) is 6.42 Å². The van der Waals surface area contributed by atoms with Gasteiger partial charge in [-0.2, -0.15) is 0 Å². The second kappa shape index (κ2) is 4.94. The lowest BCUT2D eigenvalue weighted by Crippen LogP contribution is -2.21. The molecule has 0 aliphatic carbocycles. The summed E-state index contributed by atoms with van der Waals surface area (Å²) in [4.78, 5) is 5.77. The zero-order valence-electron chi connectivity index (χ0n) is 10.2. The molecule has 1 aliphatic rings. The molecule has 0 atom stereocenters. The molecule has 0 radical (unpaired) electrons. The third kappa shape index (κ3) is 2.15. The van der Waals surface area contributed by atoms with E-state index in [1.807, 2.05) is 12.1 Å². The summed E-state index contributed by atoms with van der Waals surface area (Å²) in [5.74, 6) is 0.367. The molecule has 0 bridgehead atoms. The molecule has 0 spiro atoms. The summed E-state index contributed by atoms with van der Waals surface area (Å²) in [6.45, 7) is 3.50. The first-order valence-electron chi connectivity index (χ1n) is 6.46. The summed E-state index contributed by atoms with van der Waals surface area (Å²) in [6.07, 6.45) is 3.61. The Kier molecular flexibility index (Phi) is 3.31. The molecule has 3 nitrogen and oxygen atoms in total. The van der Waals surface area contributed by atoms with Crippen molar-refractivity contribution in [1.29, 1.82) is 0 Å². The molecule has 0 unspecified atom stereocenters. The van der Waals surface area contributed by atoms with Crippen LogP contribution in [0.4, 0.5) is 0 Å². The van der Waals surface area contributed by atoms with Crippen LogP contribution in [-0.4, -0.2) is 34.6 Å². The standard InChI is InChI=1S/C14H17BrN2O/c15-14-10(6-9-17-7-1-2-8-17)13-11(16-14)4-3-5-12(13)18/h3-5,16,18H,1-2,6-9H2. The Morgan fingerprint density at radius 3 is 2.83 bits per heavy atom. The first-order chi connectivity index (χ1) is 8.75. The number of phenols is 1. The molecule has 18 heavy (non-hydrogen) atoms. The van der Waals surface area contributed by atoms with E-state index in [1.54, 1.807) is 6.07 Å². The molecule has 1 aliphatic heterocycles. The minimum absolute atomic E-state index is 0.367. The molecule has 1 fully saturated rings. The van der Waals surface area contributed by atoms with Crippen molar-refractivity contribution in [3.05, 3.63) is 28.4 Å². The molecule has 2 aromatic rings. The van der Waals surface area contributed by atoms with Gasteiger partial charge >= 0.3 is 0 Å². The molecule has 0 saturated carbocycles. The Morgan fingerprint density at radius 2 is 2.06 bits per heavy atom. The fourth-order valence-electron chi connectivity index (χ4n) is 2.78. The average Bonchev–Trinajstić information content (AvgIpc) is 2.94. The molecule has 3 rings (SSSR count). The predicted molar refractivity (Wildman–Crippen MR) is 77.0 cm³/mol. The molecule has 0 amide bonds. The highest BCUT2D eigenvalue weighted by Gasteiger charge is 2.16. The number of aromatic amines is 1. The topological polar surface area (TPSA) is 39.3 Å². The molecule has 2 N–H and O–H groups in total. The van der Waals surface area contributed by atoms with Gasteiger partial charge < -0.3 is 15.0 Å². The number of aromatic nitrogens is 1. The minimum atomic E-state index is 0.367. The minimum Gasteiger partial charge on any atom is -0.507 e. The summed E-state index contributed by atoms with van der Waals surface area (Å²) in [6, 6.07) is 5.62. The first-order valence-corrected chi connectivity index (χ1v) is 7.25. The van der Waals surface area contributed by atoms with E-state index in [-0.39, 0.29) is 0 Å². The van der Waals surface area contributed by atoms with Crippen LogP contribution in [0, 0.1) is 0 Å². The van der Waals surface area contributed by atoms with Gasteiger partial charge in [0.15, 0.2) is 0 Å². The van der Waals surface area contributed by atoms with Crippen molar-refractivity contribution in [2.24, 2.45) is 0 Å². The van der Waals surface area contributed by atoms with Crippen LogP contribution in [0.3, 0.4) is 0 Å². The van der Waals surface area contributed by atoms with Crippen LogP contribution in [0.2, 0.25) is 0 Å². The second-order valence-electron chi connectivity index (χ2n) is 4.92. The fourth-order valence-corrected chi connectivity index (χ4v) is 3.39. The van der Waals surface area contributed by atoms with Gasteiger partial charge in [0.25, 0.3) is 0 Å². The van der Waals surface area contributed by atoms with Gasteiger partial charge in [-0.3, -0.25) is 0 Å². The summed E-state index contributed by atoms with van der Waals surface area (Å²) in [5, 5.41) is 11.0. The number of rotatable bonds is 3. The van der Waals surface area contributed by atoms with Crippen LogP contribution in [0.15, 0.2) is 22.8 Å². The molecular formula is C14H17BrN2O. The number of hydrogen-bond donors (Lipinski definition) is 2. The van der Waals surface area contributed by atoms with E-state index >= 15 is 0 Å². The smallest absolute Gasteiger partial charge is 0.125 e. The van der Waals surface area contributed by atoms with Crippen molar-refractivity contribution >= 4 is 26.8 Å². The third-order valence-corrected chi connectivity index (χ3v) is 4.41. The number of phenolic OH excluding ortho intramolecular Hbond substituents is 1. The van der Waals surface area contributed by atoms with Gasteiger partial charge in [-0.1, -0.05) is 6.07 Å². The van der Waals surface area contributed by atoms with E-state index in [9.17, 15) is 5.11 Å². The summed E-state index contributed by atoms with van der Waals surface area (Å²) >= 11 is 3.57. The normalized spacial score (nSPS) is 16.7. The van der Waals surface area contributed by atoms with Gasteiger partial charge in [-0.25, -0.2) is 0 Å². The molecule has 2 heterocycles. The number of benzene rings is 1. The summed E-state index contributed by atoms with van der Waals surface area (Å²) in [5.41, 5.74) is 2.19. The Morgan fingerprint density at radius 1 is 1.28 bits per heavy atom. The summed E-state index contributed by atoms with van der Waals surface area (Å²) in [7, 11) is 0. The van der Waals surface area contributed by atoms with E-state index in [2.05, 4.69) is 25.8 Å². The highest BCUT2D eigenvalue weighted by molar-refractivity contribution is 9.10. The van der Waals surface area contributed by atoms with Crippen molar-refractivity contribution in [3.8, 4) is 5.75 Å². The maximum Gasteiger partial charge on any atom is 0.125 e. The Bertz CT molecular complexity index is 558. The van der Waals surface area contributed by atoms with Crippen LogP contribution >= 0.6 is 15.9 Å². The van der Waals surface area contributed by atoms with E-state index in [4.69, 9.17) is 0 Å². The number of nitrogens with one attached hydrogen (secondary N) is 1. The van der Waals surface area contributed by atoms with Gasteiger partial charge in [0.05, 0.1) is 10.1 Å². The maximum atomic E-state index is 10.0. The lowest BCUT2D eigenvalue weighted by Gasteiger charge is -2.14. The number of halogens is 1. The molecule has 4 heteroatoms. The maximum absolute atomic E-state index is 10.0. The lowest BCUT2D eigenvalue weighted by atomic mass is 10.1. The van der Waals surface area contributed by atoms with E-state index in [1.165, 1.54) is 31.5 Å². The second-order valence-corrected chi connectivity index (χ2v) is 5.71. The fraction of sp³-hybridized carbons (Fsp3) is 0.429. The molecule has 96 valence electrons. The zero-order chi connectivity index (χ0) is 12.5. The molecule has 1 aromatic heterocycles. The van der Waals surface area contributed by atoms with Crippen molar-refractivity contribution in [2.75, 3.05) is 19.6 Å². The summed E-state index contributed by atoms with van der Waals surface area (Å²) < 4.78 is 0.998. The van der Waals surface area contributed by atoms with Crippen LogP contribution in [0.25, 0.3) is 10.9 Å². The Balaban J connectivity index is 1.88. The highest BCUT2D eigenvalue weighted by Crippen LogP contribution is 2.33. The van der Waals surface area contributed by atoms with E-state index in [0.29, 0.717) is 5.75 Å². The quantitative estimate of drug-likeness (QED) is 0.913. The molecular weight excluding hydrogens is 292 g/mol. The number of aromatic hydroxyl groups is 1. The van der Waals surface area contributed by atoms with Crippen LogP contribution < -0.4 is 0 Å². The van der Waals surface area contributed by atoms with Gasteiger partial charge in [0, 0.05) is 11.9 Å². The Labute approximate surface area is 115 Å². The number of hydrogen-bond acceptors (Lipinski definition) is 2. The predicted octanol–water partition coefficient (Wildman–Crippen LogP) is 3.27. The number of H-pyrrole nitrogens is 1. The van der Waals surface area contributed by atoms with Gasteiger partial charge in [-0.15, -0.1) is 0 Å². The lowest BCUT2D eigenvalue weighted by molar-refractivity contribution is 0.343. The SMILES string of the molecule is Oc1cccc2[nH]c(Br)c(CCN3CCCC3)c12. The highest BCUT2D eigenvalue weighted by atomic mass is 79.9. The largest absolute Gasteiger partial charge is 0.507 e. The van der Waals surface area contributed by atoms with Crippen molar-refractivity contribution < 1.29 is 5.11 Å². The monoisotopic (exact) mass is 308 g/mol. The first kappa shape index (κ1) is 12.1. The zero-order valence-corrected chi connectivity index (χ0v) is 11.8. The number of likely N-dealkylation sites (tertiary alicyclic amines) is 1.